The molecule has 1 nitrogen and oxygen atoms in total. The Labute approximate surface area is 322 Å². The minimum atomic E-state index is 1.10. The van der Waals surface area contributed by atoms with Crippen LogP contribution in [-0.2, 0) is 0 Å². The highest BCUT2D eigenvalue weighted by atomic mass is 15.1. The Morgan fingerprint density at radius 2 is 0.800 bits per heavy atom. The summed E-state index contributed by atoms with van der Waals surface area (Å²) in [4.78, 5) is 2.43. The van der Waals surface area contributed by atoms with Crippen molar-refractivity contribution in [3.63, 3.8) is 0 Å². The predicted octanol–water partition coefficient (Wildman–Crippen LogP) is 15.3. The van der Waals surface area contributed by atoms with Crippen molar-refractivity contribution in [2.45, 2.75) is 0 Å². The summed E-state index contributed by atoms with van der Waals surface area (Å²) in [5.74, 6) is 0. The van der Waals surface area contributed by atoms with Crippen LogP contribution in [0.15, 0.2) is 224 Å². The molecule has 0 spiro atoms. The molecule has 1 heteroatoms. The van der Waals surface area contributed by atoms with Crippen LogP contribution in [0.3, 0.4) is 0 Å². The van der Waals surface area contributed by atoms with Gasteiger partial charge in [-0.1, -0.05) is 182 Å². The van der Waals surface area contributed by atoms with E-state index in [0.717, 1.165) is 17.1 Å². The summed E-state index contributed by atoms with van der Waals surface area (Å²) in [5.41, 5.74) is 12.9. The second-order valence-corrected chi connectivity index (χ2v) is 14.1. The highest BCUT2D eigenvalue weighted by molar-refractivity contribution is 6.14. The summed E-state index contributed by atoms with van der Waals surface area (Å²) in [5, 5.41) is 7.43. The van der Waals surface area contributed by atoms with E-state index in [0.29, 0.717) is 0 Å². The van der Waals surface area contributed by atoms with Crippen LogP contribution in [0, 0.1) is 0 Å². The normalized spacial score (nSPS) is 11.3. The minimum absolute atomic E-state index is 1.10. The van der Waals surface area contributed by atoms with Crippen molar-refractivity contribution in [2.24, 2.45) is 0 Å². The van der Waals surface area contributed by atoms with Crippen LogP contribution in [0.5, 0.6) is 0 Å². The highest BCUT2D eigenvalue weighted by Crippen LogP contribution is 2.44. The molecule has 55 heavy (non-hydrogen) atoms. The van der Waals surface area contributed by atoms with Crippen molar-refractivity contribution < 1.29 is 0 Å². The van der Waals surface area contributed by atoms with E-state index in [1.807, 2.05) is 0 Å². The van der Waals surface area contributed by atoms with E-state index in [2.05, 4.69) is 229 Å². The maximum absolute atomic E-state index is 2.43. The maximum Gasteiger partial charge on any atom is 0.0546 e. The van der Waals surface area contributed by atoms with Gasteiger partial charge in [0, 0.05) is 16.8 Å². The molecule has 10 aromatic carbocycles. The molecular formula is C54H37N. The highest BCUT2D eigenvalue weighted by Gasteiger charge is 2.19. The first-order valence-electron chi connectivity index (χ1n) is 18.9. The molecule has 0 aliphatic carbocycles. The summed E-state index contributed by atoms with van der Waals surface area (Å²) < 4.78 is 0. The van der Waals surface area contributed by atoms with Gasteiger partial charge in [-0.05, 0) is 114 Å². The third kappa shape index (κ3) is 6.12. The van der Waals surface area contributed by atoms with Gasteiger partial charge < -0.3 is 4.90 Å². The fourth-order valence-electron chi connectivity index (χ4n) is 8.09. The lowest BCUT2D eigenvalue weighted by Crippen LogP contribution is -2.11. The van der Waals surface area contributed by atoms with Gasteiger partial charge in [-0.2, -0.15) is 0 Å². The number of nitrogens with zero attached hydrogens (tertiary/aromatic N) is 1. The smallest absolute Gasteiger partial charge is 0.0546 e. The van der Waals surface area contributed by atoms with Gasteiger partial charge in [0.2, 0.25) is 0 Å². The van der Waals surface area contributed by atoms with E-state index in [4.69, 9.17) is 0 Å². The van der Waals surface area contributed by atoms with Crippen molar-refractivity contribution in [1.29, 1.82) is 0 Å². The molecule has 10 rings (SSSR count). The topological polar surface area (TPSA) is 3.24 Å². The average Bonchev–Trinajstić information content (AvgIpc) is 3.27. The summed E-state index contributed by atoms with van der Waals surface area (Å²) in [6.07, 6.45) is 0. The predicted molar refractivity (Wildman–Crippen MR) is 235 cm³/mol. The number of benzene rings is 10. The minimum Gasteiger partial charge on any atom is -0.310 e. The molecule has 0 aliphatic rings. The zero-order valence-corrected chi connectivity index (χ0v) is 30.3. The Morgan fingerprint density at radius 3 is 1.58 bits per heavy atom. The molecule has 0 amide bonds. The molecule has 0 fully saturated rings. The van der Waals surface area contributed by atoms with Gasteiger partial charge in [0.05, 0.1) is 5.69 Å². The van der Waals surface area contributed by atoms with Crippen LogP contribution >= 0.6 is 0 Å². The first-order chi connectivity index (χ1) is 27.3. The van der Waals surface area contributed by atoms with Crippen LogP contribution in [0.1, 0.15) is 0 Å². The molecule has 0 aliphatic heterocycles. The Hall–Kier alpha value is -7.22. The van der Waals surface area contributed by atoms with E-state index in [1.54, 1.807) is 0 Å². The average molecular weight is 700 g/mol. The molecule has 0 N–H and O–H groups in total. The molecule has 258 valence electrons. The Balaban J connectivity index is 1.15. The van der Waals surface area contributed by atoms with Crippen molar-refractivity contribution in [3.05, 3.63) is 224 Å². The first-order valence-corrected chi connectivity index (χ1v) is 18.9. The van der Waals surface area contributed by atoms with Gasteiger partial charge in [-0.15, -0.1) is 0 Å². The van der Waals surface area contributed by atoms with Crippen molar-refractivity contribution in [1.82, 2.24) is 0 Å². The zero-order chi connectivity index (χ0) is 36.6. The molecule has 0 bridgehead atoms. The Bertz CT molecular complexity index is 2960. The molecule has 0 heterocycles. The first kappa shape index (κ1) is 32.4. The summed E-state index contributed by atoms with van der Waals surface area (Å²) in [6.45, 7) is 0. The third-order valence-corrected chi connectivity index (χ3v) is 10.8. The SMILES string of the molecule is c1ccc(-c2ccc(-c3cccc(N(c4ccc(-c5ccc6ccccc6c5)cc4)c4cc5ccccc5c5ccccc45)c3)c(-c3ccccc3)c2)cc1. The van der Waals surface area contributed by atoms with E-state index < -0.39 is 0 Å². The molecule has 0 saturated heterocycles. The molecule has 0 saturated carbocycles. The van der Waals surface area contributed by atoms with Crippen molar-refractivity contribution in [2.75, 3.05) is 4.90 Å². The fraction of sp³-hybridized carbons (Fsp3) is 0. The van der Waals surface area contributed by atoms with Gasteiger partial charge in [-0.25, -0.2) is 0 Å². The Kier molecular flexibility index (Phi) is 8.24. The molecule has 0 aromatic heterocycles. The summed E-state index contributed by atoms with van der Waals surface area (Å²) >= 11 is 0. The van der Waals surface area contributed by atoms with E-state index in [-0.39, 0.29) is 0 Å². The zero-order valence-electron chi connectivity index (χ0n) is 30.3. The summed E-state index contributed by atoms with van der Waals surface area (Å²) in [6, 6.07) is 81.5. The quantitative estimate of drug-likeness (QED) is 0.150. The number of hydrogen-bond donors (Lipinski definition) is 0. The maximum atomic E-state index is 2.43. The van der Waals surface area contributed by atoms with E-state index >= 15 is 0 Å². The van der Waals surface area contributed by atoms with Crippen LogP contribution in [-0.4, -0.2) is 0 Å². The van der Waals surface area contributed by atoms with Crippen molar-refractivity contribution in [3.8, 4) is 44.5 Å². The van der Waals surface area contributed by atoms with Gasteiger partial charge >= 0.3 is 0 Å². The second-order valence-electron chi connectivity index (χ2n) is 14.1. The standard InChI is InChI=1S/C54H37N/c1-3-14-38(15-4-1)44-30-33-50(53(36-44)41-17-5-2-6-18-41)45-21-13-22-48(35-45)55(54-37-46-20-9-10-23-49(46)51-24-11-12-25-52(51)54)47-31-28-40(29-32-47)43-27-26-39-16-7-8-19-42(39)34-43/h1-37H. The molecular weight excluding hydrogens is 663 g/mol. The van der Waals surface area contributed by atoms with Crippen LogP contribution in [0.4, 0.5) is 17.1 Å². The van der Waals surface area contributed by atoms with Gasteiger partial charge in [0.25, 0.3) is 0 Å². The van der Waals surface area contributed by atoms with Crippen LogP contribution < -0.4 is 4.90 Å². The largest absolute Gasteiger partial charge is 0.310 e. The summed E-state index contributed by atoms with van der Waals surface area (Å²) in [7, 11) is 0. The number of anilines is 3. The lowest BCUT2D eigenvalue weighted by molar-refractivity contribution is 1.30. The number of fused-ring (bicyclic) bond motifs is 4. The molecule has 10 aromatic rings. The van der Waals surface area contributed by atoms with E-state index in [9.17, 15) is 0 Å². The van der Waals surface area contributed by atoms with Gasteiger partial charge in [0.15, 0.2) is 0 Å². The number of rotatable bonds is 7. The second kappa shape index (κ2) is 14.0. The van der Waals surface area contributed by atoms with Gasteiger partial charge in [-0.3, -0.25) is 0 Å². The molecule has 0 radical (unpaired) electrons. The fourth-order valence-corrected chi connectivity index (χ4v) is 8.09. The van der Waals surface area contributed by atoms with Crippen LogP contribution in [0.25, 0.3) is 76.8 Å². The monoisotopic (exact) mass is 699 g/mol. The van der Waals surface area contributed by atoms with Crippen LogP contribution in [0.2, 0.25) is 0 Å². The molecule has 0 atom stereocenters. The third-order valence-electron chi connectivity index (χ3n) is 10.8. The van der Waals surface area contributed by atoms with Crippen molar-refractivity contribution >= 4 is 49.4 Å². The van der Waals surface area contributed by atoms with Gasteiger partial charge in [0.1, 0.15) is 0 Å². The Morgan fingerprint density at radius 1 is 0.236 bits per heavy atom. The number of hydrogen-bond acceptors (Lipinski definition) is 1. The molecule has 0 unspecified atom stereocenters. The lowest BCUT2D eigenvalue weighted by atomic mass is 9.91. The lowest BCUT2D eigenvalue weighted by Gasteiger charge is -2.28. The van der Waals surface area contributed by atoms with E-state index in [1.165, 1.54) is 76.8 Å².